The molecule has 1 saturated heterocycles. The lowest BCUT2D eigenvalue weighted by Crippen LogP contribution is -2.48. The lowest BCUT2D eigenvalue weighted by Gasteiger charge is -2.57. The van der Waals surface area contributed by atoms with Gasteiger partial charge < -0.3 is 14.7 Å². The number of nitrogens with zero attached hydrogens (tertiary/aromatic N) is 3. The molecule has 2 aliphatic heterocycles. The molecule has 1 unspecified atom stereocenters. The molecule has 8 rings (SSSR count). The molecule has 0 radical (unpaired) electrons. The summed E-state index contributed by atoms with van der Waals surface area (Å²) in [4.78, 5) is 23.9. The van der Waals surface area contributed by atoms with Crippen LogP contribution in [0.25, 0.3) is 11.3 Å². The third kappa shape index (κ3) is 3.78. The molecule has 1 N–H and O–H groups in total. The quantitative estimate of drug-likeness (QED) is 0.659. The van der Waals surface area contributed by atoms with Crippen LogP contribution in [0.1, 0.15) is 54.9 Å². The Kier molecular flexibility index (Phi) is 5.21. The second kappa shape index (κ2) is 8.34. The molecule has 5 fully saturated rings. The summed E-state index contributed by atoms with van der Waals surface area (Å²) >= 11 is 1.51. The lowest BCUT2D eigenvalue weighted by atomic mass is 9.48. The van der Waals surface area contributed by atoms with Crippen LogP contribution in [0.5, 0.6) is 5.75 Å². The Morgan fingerprint density at radius 2 is 1.71 bits per heavy atom. The van der Waals surface area contributed by atoms with Crippen molar-refractivity contribution in [2.75, 3.05) is 26.3 Å². The molecule has 1 atom stereocenters. The van der Waals surface area contributed by atoms with Crippen LogP contribution < -0.4 is 0 Å². The van der Waals surface area contributed by atoms with E-state index in [1.165, 1.54) is 50.3 Å². The molecule has 1 amide bonds. The highest BCUT2D eigenvalue weighted by Gasteiger charge is 2.52. The molecule has 182 valence electrons. The van der Waals surface area contributed by atoms with Gasteiger partial charge in [-0.15, -0.1) is 0 Å². The number of benzene rings is 1. The first kappa shape index (κ1) is 21.9. The van der Waals surface area contributed by atoms with Gasteiger partial charge in [0.05, 0.1) is 18.9 Å². The first-order chi connectivity index (χ1) is 17.1. The SMILES string of the molecule is O=C1N=C(N2CCOCC2)SC1c1ccc(-c2ccc(O)c(C34CC5CC(CC(C5)C3)C4)c2)nc1. The van der Waals surface area contributed by atoms with Crippen LogP contribution in [-0.4, -0.2) is 52.4 Å². The van der Waals surface area contributed by atoms with Crippen LogP contribution in [0.3, 0.4) is 0 Å². The Bertz CT molecular complexity index is 1150. The normalized spacial score (nSPS) is 33.9. The van der Waals surface area contributed by atoms with Crippen molar-refractivity contribution in [2.45, 2.75) is 49.2 Å². The summed E-state index contributed by atoms with van der Waals surface area (Å²) in [5.74, 6) is 2.81. The minimum atomic E-state index is -0.336. The third-order valence-electron chi connectivity index (χ3n) is 8.93. The monoisotopic (exact) mass is 489 g/mol. The number of hydrogen-bond donors (Lipinski definition) is 1. The molecule has 1 aromatic heterocycles. The zero-order valence-electron chi connectivity index (χ0n) is 19.9. The number of aromatic hydroxyl groups is 1. The average Bonchev–Trinajstić information content (AvgIpc) is 3.26. The van der Waals surface area contributed by atoms with Crippen molar-refractivity contribution in [3.8, 4) is 17.0 Å². The molecule has 3 heterocycles. The Hall–Kier alpha value is -2.38. The number of aromatic nitrogens is 1. The van der Waals surface area contributed by atoms with Crippen LogP contribution in [0, 0.1) is 17.8 Å². The van der Waals surface area contributed by atoms with Gasteiger partial charge in [-0.25, -0.2) is 0 Å². The Balaban J connectivity index is 1.13. The van der Waals surface area contributed by atoms with Gasteiger partial charge in [0, 0.05) is 30.4 Å². The molecule has 4 saturated carbocycles. The lowest BCUT2D eigenvalue weighted by molar-refractivity contribution is -0.117. The molecule has 6 nitrogen and oxygen atoms in total. The standard InChI is InChI=1S/C28H31N3O3S/c32-24-4-2-20(12-22(24)28-13-17-9-18(14-28)11-19(10-17)15-28)23-3-1-21(16-29-23)25-26(33)30-27(35-25)31-5-7-34-8-6-31/h1-4,12,16-19,25,32H,5-11,13-15H2. The van der Waals surface area contributed by atoms with Crippen molar-refractivity contribution in [3.05, 3.63) is 47.7 Å². The smallest absolute Gasteiger partial charge is 0.266 e. The number of carbonyl (C=O) groups is 1. The van der Waals surface area contributed by atoms with Gasteiger partial charge in [-0.2, -0.15) is 4.99 Å². The molecule has 7 heteroatoms. The molecule has 4 aliphatic carbocycles. The fourth-order valence-electron chi connectivity index (χ4n) is 7.74. The van der Waals surface area contributed by atoms with Crippen molar-refractivity contribution >= 4 is 22.8 Å². The number of carbonyl (C=O) groups excluding carboxylic acids is 1. The number of morpholine rings is 1. The molecule has 35 heavy (non-hydrogen) atoms. The van der Waals surface area contributed by atoms with Crippen molar-refractivity contribution in [1.82, 2.24) is 9.88 Å². The number of thioether (sulfide) groups is 1. The largest absolute Gasteiger partial charge is 0.508 e. The Labute approximate surface area is 210 Å². The van der Waals surface area contributed by atoms with Gasteiger partial charge in [0.1, 0.15) is 11.0 Å². The number of amides is 1. The van der Waals surface area contributed by atoms with E-state index in [9.17, 15) is 9.90 Å². The average molecular weight is 490 g/mol. The van der Waals surface area contributed by atoms with Gasteiger partial charge in [0.15, 0.2) is 5.17 Å². The highest BCUT2D eigenvalue weighted by Crippen LogP contribution is 2.62. The second-order valence-corrected chi connectivity index (χ2v) is 12.3. The second-order valence-electron chi connectivity index (χ2n) is 11.2. The summed E-state index contributed by atoms with van der Waals surface area (Å²) in [6.45, 7) is 2.89. The molecule has 1 aromatic carbocycles. The van der Waals surface area contributed by atoms with Crippen molar-refractivity contribution in [1.29, 1.82) is 0 Å². The minimum absolute atomic E-state index is 0.111. The summed E-state index contributed by atoms with van der Waals surface area (Å²) in [6, 6.07) is 10.0. The third-order valence-corrected chi connectivity index (χ3v) is 10.2. The minimum Gasteiger partial charge on any atom is -0.508 e. The zero-order chi connectivity index (χ0) is 23.6. The first-order valence-corrected chi connectivity index (χ1v) is 13.9. The van der Waals surface area contributed by atoms with E-state index in [0.717, 1.165) is 58.4 Å². The van der Waals surface area contributed by atoms with E-state index in [4.69, 9.17) is 9.72 Å². The van der Waals surface area contributed by atoms with Crippen LogP contribution in [0.2, 0.25) is 0 Å². The summed E-state index contributed by atoms with van der Waals surface area (Å²) in [5, 5.41) is 11.4. The van der Waals surface area contributed by atoms with Crippen molar-refractivity contribution in [2.24, 2.45) is 22.7 Å². The maximum atomic E-state index is 12.6. The number of pyridine rings is 1. The van der Waals surface area contributed by atoms with Crippen LogP contribution in [-0.2, 0) is 14.9 Å². The highest BCUT2D eigenvalue weighted by atomic mass is 32.2. The summed E-state index contributed by atoms with van der Waals surface area (Å²) in [5.41, 5.74) is 4.07. The fraction of sp³-hybridized carbons (Fsp3) is 0.536. The fourth-order valence-corrected chi connectivity index (χ4v) is 8.85. The Morgan fingerprint density at radius 3 is 2.37 bits per heavy atom. The van der Waals surface area contributed by atoms with Crippen molar-refractivity contribution < 1.29 is 14.6 Å². The number of amidine groups is 1. The van der Waals surface area contributed by atoms with Gasteiger partial charge >= 0.3 is 0 Å². The zero-order valence-corrected chi connectivity index (χ0v) is 20.7. The molecular weight excluding hydrogens is 458 g/mol. The van der Waals surface area contributed by atoms with E-state index in [1.807, 2.05) is 30.5 Å². The maximum absolute atomic E-state index is 12.6. The van der Waals surface area contributed by atoms with E-state index < -0.39 is 0 Å². The van der Waals surface area contributed by atoms with Gasteiger partial charge in [0.2, 0.25) is 0 Å². The highest BCUT2D eigenvalue weighted by molar-refractivity contribution is 8.15. The van der Waals surface area contributed by atoms with E-state index >= 15 is 0 Å². The first-order valence-electron chi connectivity index (χ1n) is 13.0. The van der Waals surface area contributed by atoms with Crippen molar-refractivity contribution in [3.63, 3.8) is 0 Å². The number of phenolic OH excluding ortho intramolecular Hbond substituents is 1. The number of rotatable bonds is 3. The van der Waals surface area contributed by atoms with Crippen LogP contribution >= 0.6 is 11.8 Å². The topological polar surface area (TPSA) is 75.0 Å². The van der Waals surface area contributed by atoms with Crippen LogP contribution in [0.4, 0.5) is 0 Å². The van der Waals surface area contributed by atoms with E-state index in [-0.39, 0.29) is 16.6 Å². The molecule has 0 spiro atoms. The molecular formula is C28H31N3O3S. The molecule has 6 aliphatic rings. The maximum Gasteiger partial charge on any atom is 0.266 e. The van der Waals surface area contributed by atoms with Gasteiger partial charge in [0.25, 0.3) is 5.91 Å². The number of phenols is 1. The number of ether oxygens (including phenoxy) is 1. The number of aliphatic imine (C=N–C) groups is 1. The summed E-state index contributed by atoms with van der Waals surface area (Å²) in [7, 11) is 0. The van der Waals surface area contributed by atoms with Gasteiger partial charge in [-0.3, -0.25) is 9.78 Å². The van der Waals surface area contributed by atoms with Crippen LogP contribution in [0.15, 0.2) is 41.5 Å². The molecule has 4 bridgehead atoms. The number of hydrogen-bond acceptors (Lipinski definition) is 6. The predicted octanol–water partition coefficient (Wildman–Crippen LogP) is 4.92. The predicted molar refractivity (Wildman–Crippen MR) is 136 cm³/mol. The summed E-state index contributed by atoms with van der Waals surface area (Å²) < 4.78 is 5.42. The Morgan fingerprint density at radius 1 is 1.00 bits per heavy atom. The van der Waals surface area contributed by atoms with E-state index in [1.54, 1.807) is 0 Å². The summed E-state index contributed by atoms with van der Waals surface area (Å²) in [6.07, 6.45) is 9.63. The molecule has 2 aromatic rings. The van der Waals surface area contributed by atoms with Gasteiger partial charge in [-0.1, -0.05) is 17.8 Å². The van der Waals surface area contributed by atoms with E-state index in [2.05, 4.69) is 16.0 Å². The van der Waals surface area contributed by atoms with E-state index in [0.29, 0.717) is 19.0 Å². The van der Waals surface area contributed by atoms with Gasteiger partial charge in [-0.05, 0) is 91.5 Å².